The van der Waals surface area contributed by atoms with Gasteiger partial charge < -0.3 is 13.6 Å². The fourth-order valence-corrected chi connectivity index (χ4v) is 9.44. The second-order valence-electron chi connectivity index (χ2n) is 15.0. The van der Waals surface area contributed by atoms with Crippen LogP contribution in [0.1, 0.15) is 0 Å². The van der Waals surface area contributed by atoms with Gasteiger partial charge >= 0.3 is 0 Å². The summed E-state index contributed by atoms with van der Waals surface area (Å²) in [6.45, 7) is 0. The molecule has 0 spiro atoms. The Morgan fingerprint density at radius 3 is 1.43 bits per heavy atom. The Bertz CT molecular complexity index is 3750. The lowest BCUT2D eigenvalue weighted by Gasteiger charge is -2.09. The van der Waals surface area contributed by atoms with E-state index in [-0.39, 0.29) is 0 Å². The molecule has 5 heterocycles. The first-order valence-corrected chi connectivity index (χ1v) is 19.6. The van der Waals surface area contributed by atoms with E-state index in [1.165, 1.54) is 38.1 Å². The van der Waals surface area contributed by atoms with Gasteiger partial charge in [0.25, 0.3) is 0 Å². The highest BCUT2D eigenvalue weighted by Gasteiger charge is 2.22. The maximum absolute atomic E-state index is 6.70. The van der Waals surface area contributed by atoms with Crippen LogP contribution in [0, 0.1) is 0 Å². The third kappa shape index (κ3) is 4.31. The molecule has 270 valence electrons. The summed E-state index contributed by atoms with van der Waals surface area (Å²) < 4.78 is 13.6. The largest absolute Gasteiger partial charge is 0.450 e. The summed E-state index contributed by atoms with van der Waals surface area (Å²) in [6, 6.07) is 65.0. The van der Waals surface area contributed by atoms with Crippen molar-refractivity contribution in [3.8, 4) is 28.3 Å². The van der Waals surface area contributed by atoms with E-state index in [9.17, 15) is 0 Å². The smallest absolute Gasteiger partial charge is 0.197 e. The minimum absolute atomic E-state index is 0.656. The van der Waals surface area contributed by atoms with Crippen LogP contribution >= 0.6 is 0 Å². The highest BCUT2D eigenvalue weighted by Crippen LogP contribution is 2.41. The SMILES string of the molecule is c1ccc(-n2c3ccccc3c3cc(-c4ccc5c(c4)c4ccccc4n5-c4ncnc5c4oc4ccc(-n6c7ccccc7c7ccccc76)cc45)ccc32)cc1. The maximum Gasteiger partial charge on any atom is 0.197 e. The Hall–Kier alpha value is -7.96. The Balaban J connectivity index is 0.983. The van der Waals surface area contributed by atoms with E-state index in [2.05, 4.69) is 196 Å². The Kier molecular flexibility index (Phi) is 6.35. The van der Waals surface area contributed by atoms with Crippen LogP contribution in [-0.2, 0) is 0 Å². The molecule has 6 heteroatoms. The lowest BCUT2D eigenvalue weighted by atomic mass is 10.0. The second-order valence-corrected chi connectivity index (χ2v) is 15.0. The zero-order valence-electron chi connectivity index (χ0n) is 31.0. The molecule has 6 nitrogen and oxygen atoms in total. The molecule has 0 aliphatic carbocycles. The predicted molar refractivity (Wildman–Crippen MR) is 238 cm³/mol. The van der Waals surface area contributed by atoms with Crippen molar-refractivity contribution in [2.45, 2.75) is 0 Å². The summed E-state index contributed by atoms with van der Waals surface area (Å²) >= 11 is 0. The van der Waals surface area contributed by atoms with Gasteiger partial charge in [0, 0.05) is 49.1 Å². The average molecular weight is 742 g/mol. The van der Waals surface area contributed by atoms with Gasteiger partial charge in [0.05, 0.1) is 33.1 Å². The van der Waals surface area contributed by atoms with Gasteiger partial charge in [-0.2, -0.15) is 0 Å². The normalized spacial score (nSPS) is 12.1. The Morgan fingerprint density at radius 2 is 0.828 bits per heavy atom. The molecule has 0 unspecified atom stereocenters. The van der Waals surface area contributed by atoms with Crippen LogP contribution < -0.4 is 0 Å². The van der Waals surface area contributed by atoms with Crippen molar-refractivity contribution in [2.24, 2.45) is 0 Å². The molecule has 13 rings (SSSR count). The Morgan fingerprint density at radius 1 is 0.345 bits per heavy atom. The molecule has 0 saturated heterocycles. The minimum atomic E-state index is 0.656. The summed E-state index contributed by atoms with van der Waals surface area (Å²) in [5.74, 6) is 0.716. The molecule has 5 aromatic heterocycles. The summed E-state index contributed by atoms with van der Waals surface area (Å²) in [5, 5.41) is 8.17. The third-order valence-electron chi connectivity index (χ3n) is 12.0. The quantitative estimate of drug-likeness (QED) is 0.180. The lowest BCUT2D eigenvalue weighted by molar-refractivity contribution is 0.662. The first-order chi connectivity index (χ1) is 28.8. The number of furan rings is 1. The molecule has 0 aliphatic rings. The maximum atomic E-state index is 6.70. The summed E-state index contributed by atoms with van der Waals surface area (Å²) in [6.07, 6.45) is 1.66. The van der Waals surface area contributed by atoms with Gasteiger partial charge in [0.1, 0.15) is 17.4 Å². The van der Waals surface area contributed by atoms with E-state index in [1.807, 2.05) is 0 Å². The molecular formula is C52H31N5O. The monoisotopic (exact) mass is 741 g/mol. The van der Waals surface area contributed by atoms with E-state index in [0.29, 0.717) is 11.4 Å². The molecule has 0 N–H and O–H groups in total. The molecule has 58 heavy (non-hydrogen) atoms. The van der Waals surface area contributed by atoms with E-state index in [0.717, 1.165) is 66.3 Å². The van der Waals surface area contributed by atoms with Crippen LogP contribution in [0.15, 0.2) is 193 Å². The summed E-state index contributed by atoms with van der Waals surface area (Å²) in [4.78, 5) is 9.76. The minimum Gasteiger partial charge on any atom is -0.450 e. The van der Waals surface area contributed by atoms with Crippen molar-refractivity contribution in [3.63, 3.8) is 0 Å². The van der Waals surface area contributed by atoms with Crippen molar-refractivity contribution >= 4 is 87.5 Å². The summed E-state index contributed by atoms with van der Waals surface area (Å²) in [7, 11) is 0. The van der Waals surface area contributed by atoms with E-state index in [4.69, 9.17) is 14.4 Å². The van der Waals surface area contributed by atoms with Gasteiger partial charge in [-0.1, -0.05) is 103 Å². The zero-order chi connectivity index (χ0) is 37.9. The molecular weight excluding hydrogens is 711 g/mol. The van der Waals surface area contributed by atoms with Crippen molar-refractivity contribution in [1.82, 2.24) is 23.7 Å². The van der Waals surface area contributed by atoms with Crippen LogP contribution in [0.3, 0.4) is 0 Å². The highest BCUT2D eigenvalue weighted by molar-refractivity contribution is 6.14. The van der Waals surface area contributed by atoms with Crippen LogP contribution in [0.25, 0.3) is 116 Å². The third-order valence-corrected chi connectivity index (χ3v) is 12.0. The van der Waals surface area contributed by atoms with E-state index in [1.54, 1.807) is 6.33 Å². The van der Waals surface area contributed by atoms with Crippen LogP contribution in [-0.4, -0.2) is 23.7 Å². The zero-order valence-corrected chi connectivity index (χ0v) is 31.0. The van der Waals surface area contributed by atoms with E-state index < -0.39 is 0 Å². The van der Waals surface area contributed by atoms with Crippen molar-refractivity contribution in [2.75, 3.05) is 0 Å². The number of benzene rings is 8. The number of nitrogens with zero attached hydrogens (tertiary/aromatic N) is 5. The van der Waals surface area contributed by atoms with E-state index >= 15 is 0 Å². The standard InChI is InChI=1S/C52H31N5O/c1-2-12-34(13-3-1)55-45-20-10-6-16-38(45)40-28-32(22-25-47(40)55)33-23-26-48-41(29-33)39-17-7-11-21-46(39)57(48)52-51-50(53-31-54-52)42-30-35(24-27-49(42)58-51)56-43-18-8-4-14-36(43)37-15-5-9-19-44(37)56/h1-31H. The van der Waals surface area contributed by atoms with Gasteiger partial charge in [-0.05, 0) is 90.0 Å². The average Bonchev–Trinajstić information content (AvgIpc) is 4.02. The van der Waals surface area contributed by atoms with Gasteiger partial charge in [0.15, 0.2) is 11.4 Å². The molecule has 0 saturated carbocycles. The lowest BCUT2D eigenvalue weighted by Crippen LogP contribution is -1.98. The fraction of sp³-hybridized carbons (Fsp3) is 0. The van der Waals surface area contributed by atoms with Crippen molar-refractivity contribution in [3.05, 3.63) is 188 Å². The number of para-hydroxylation sites is 5. The molecule has 0 aliphatic heterocycles. The van der Waals surface area contributed by atoms with Crippen molar-refractivity contribution < 1.29 is 4.42 Å². The number of hydrogen-bond donors (Lipinski definition) is 0. The van der Waals surface area contributed by atoms with Crippen molar-refractivity contribution in [1.29, 1.82) is 0 Å². The van der Waals surface area contributed by atoms with Crippen LogP contribution in [0.5, 0.6) is 0 Å². The molecule has 0 radical (unpaired) electrons. The number of hydrogen-bond acceptors (Lipinski definition) is 3. The Labute approximate surface area is 331 Å². The second kappa shape index (κ2) is 11.8. The van der Waals surface area contributed by atoms with Crippen LogP contribution in [0.4, 0.5) is 0 Å². The first-order valence-electron chi connectivity index (χ1n) is 19.6. The van der Waals surface area contributed by atoms with Gasteiger partial charge in [0.2, 0.25) is 0 Å². The summed E-state index contributed by atoms with van der Waals surface area (Å²) in [5.41, 5.74) is 13.6. The highest BCUT2D eigenvalue weighted by atomic mass is 16.3. The number of rotatable bonds is 4. The van der Waals surface area contributed by atoms with Gasteiger partial charge in [-0.15, -0.1) is 0 Å². The molecule has 0 bridgehead atoms. The predicted octanol–water partition coefficient (Wildman–Crippen LogP) is 13.3. The number of aromatic nitrogens is 5. The fourth-order valence-electron chi connectivity index (χ4n) is 9.44. The molecule has 8 aromatic carbocycles. The van der Waals surface area contributed by atoms with Gasteiger partial charge in [-0.3, -0.25) is 4.57 Å². The molecule has 0 atom stereocenters. The molecule has 0 fully saturated rings. The van der Waals surface area contributed by atoms with Crippen LogP contribution in [0.2, 0.25) is 0 Å². The molecule has 0 amide bonds. The van der Waals surface area contributed by atoms with Gasteiger partial charge in [-0.25, -0.2) is 9.97 Å². The number of fused-ring (bicyclic) bond motifs is 12. The molecule has 13 aromatic rings. The topological polar surface area (TPSA) is 53.7 Å². The first kappa shape index (κ1) is 31.3.